The van der Waals surface area contributed by atoms with E-state index in [-0.39, 0.29) is 0 Å². The van der Waals surface area contributed by atoms with Crippen LogP contribution in [0, 0.1) is 17.3 Å². The molecule has 0 amide bonds. The van der Waals surface area contributed by atoms with E-state index in [2.05, 4.69) is 40.3 Å². The molecule has 0 bridgehead atoms. The summed E-state index contributed by atoms with van der Waals surface area (Å²) in [6, 6.07) is 0. The molecule has 0 radical (unpaired) electrons. The standard InChI is InChI=1S/C19H38O2S/c1-16(2)11-7-5-9-13-19(15-22,18(20)21)14-10-6-8-12-17(3)4/h16-17,22H,5-15H2,1-4H3,(H,20,21). The van der Waals surface area contributed by atoms with Crippen molar-refractivity contribution < 1.29 is 9.90 Å². The first kappa shape index (κ1) is 21.8. The minimum absolute atomic E-state index is 0.469. The molecular formula is C19H38O2S. The van der Waals surface area contributed by atoms with Gasteiger partial charge in [0.05, 0.1) is 5.41 Å². The molecule has 0 atom stereocenters. The zero-order chi connectivity index (χ0) is 17.0. The van der Waals surface area contributed by atoms with Crippen molar-refractivity contribution in [3.8, 4) is 0 Å². The van der Waals surface area contributed by atoms with Crippen LogP contribution in [-0.4, -0.2) is 16.8 Å². The van der Waals surface area contributed by atoms with E-state index in [1.807, 2.05) is 0 Å². The number of carboxylic acid groups (broad SMARTS) is 1. The Kier molecular flexibility index (Phi) is 12.2. The number of hydrogen-bond donors (Lipinski definition) is 2. The molecule has 132 valence electrons. The summed E-state index contributed by atoms with van der Waals surface area (Å²) in [5, 5.41) is 9.66. The lowest BCUT2D eigenvalue weighted by molar-refractivity contribution is -0.148. The minimum atomic E-state index is -0.643. The van der Waals surface area contributed by atoms with Gasteiger partial charge in [-0.15, -0.1) is 0 Å². The highest BCUT2D eigenvalue weighted by molar-refractivity contribution is 7.80. The van der Waals surface area contributed by atoms with Gasteiger partial charge in [0.15, 0.2) is 0 Å². The number of carboxylic acids is 1. The van der Waals surface area contributed by atoms with Gasteiger partial charge >= 0.3 is 5.97 Å². The summed E-state index contributed by atoms with van der Waals surface area (Å²) in [7, 11) is 0. The third-order valence-corrected chi connectivity index (χ3v) is 5.24. The Bertz CT molecular complexity index is 269. The quantitative estimate of drug-likeness (QED) is 0.294. The first-order chi connectivity index (χ1) is 10.3. The first-order valence-electron chi connectivity index (χ1n) is 9.18. The van der Waals surface area contributed by atoms with E-state index >= 15 is 0 Å². The predicted octanol–water partition coefficient (Wildman–Crippen LogP) is 6.20. The lowest BCUT2D eigenvalue weighted by Crippen LogP contribution is -2.33. The Labute approximate surface area is 143 Å². The number of hydrogen-bond acceptors (Lipinski definition) is 2. The molecule has 0 saturated carbocycles. The molecule has 0 spiro atoms. The van der Waals surface area contributed by atoms with Crippen molar-refractivity contribution >= 4 is 18.6 Å². The molecule has 3 heteroatoms. The van der Waals surface area contributed by atoms with E-state index in [0.717, 1.165) is 50.4 Å². The van der Waals surface area contributed by atoms with Gasteiger partial charge in [0.2, 0.25) is 0 Å². The van der Waals surface area contributed by atoms with Crippen molar-refractivity contribution in [2.75, 3.05) is 5.75 Å². The zero-order valence-electron chi connectivity index (χ0n) is 15.2. The van der Waals surface area contributed by atoms with Crippen molar-refractivity contribution in [3.05, 3.63) is 0 Å². The molecule has 0 rings (SSSR count). The largest absolute Gasteiger partial charge is 0.481 e. The summed E-state index contributed by atoms with van der Waals surface area (Å²) in [6.45, 7) is 8.97. The van der Waals surface area contributed by atoms with Gasteiger partial charge in [-0.2, -0.15) is 12.6 Å². The molecular weight excluding hydrogens is 292 g/mol. The molecule has 0 aliphatic rings. The van der Waals surface area contributed by atoms with E-state index in [1.54, 1.807) is 0 Å². The average Bonchev–Trinajstić information content (AvgIpc) is 2.43. The fraction of sp³-hybridized carbons (Fsp3) is 0.947. The smallest absolute Gasteiger partial charge is 0.310 e. The Morgan fingerprint density at radius 3 is 1.55 bits per heavy atom. The van der Waals surface area contributed by atoms with Gasteiger partial charge in [-0.05, 0) is 24.7 Å². The molecule has 0 aromatic heterocycles. The summed E-state index contributed by atoms with van der Waals surface area (Å²) < 4.78 is 0. The Balaban J connectivity index is 4.15. The van der Waals surface area contributed by atoms with E-state index in [4.69, 9.17) is 0 Å². The number of thiol groups is 1. The second-order valence-electron chi connectivity index (χ2n) is 7.73. The normalized spacial score (nSPS) is 12.3. The molecule has 0 saturated heterocycles. The number of carbonyl (C=O) groups is 1. The third kappa shape index (κ3) is 9.76. The summed E-state index contributed by atoms with van der Waals surface area (Å²) in [5.41, 5.74) is -0.598. The maximum Gasteiger partial charge on any atom is 0.310 e. The summed E-state index contributed by atoms with van der Waals surface area (Å²) in [5.74, 6) is 1.32. The molecule has 2 nitrogen and oxygen atoms in total. The number of aliphatic carboxylic acids is 1. The van der Waals surface area contributed by atoms with Crippen LogP contribution in [-0.2, 0) is 4.79 Å². The molecule has 0 heterocycles. The van der Waals surface area contributed by atoms with Crippen molar-refractivity contribution in [1.29, 1.82) is 0 Å². The Morgan fingerprint density at radius 2 is 1.27 bits per heavy atom. The van der Waals surface area contributed by atoms with Gasteiger partial charge in [0.25, 0.3) is 0 Å². The maximum atomic E-state index is 11.7. The monoisotopic (exact) mass is 330 g/mol. The van der Waals surface area contributed by atoms with Crippen molar-refractivity contribution in [2.45, 2.75) is 91.9 Å². The van der Waals surface area contributed by atoms with Gasteiger partial charge in [-0.3, -0.25) is 4.79 Å². The first-order valence-corrected chi connectivity index (χ1v) is 9.81. The predicted molar refractivity (Wildman–Crippen MR) is 99.8 cm³/mol. The third-order valence-electron chi connectivity index (χ3n) is 4.63. The SMILES string of the molecule is CC(C)CCCCCC(CS)(CCCCCC(C)C)C(=O)O. The maximum absolute atomic E-state index is 11.7. The molecule has 1 N–H and O–H groups in total. The van der Waals surface area contributed by atoms with Crippen LogP contribution in [0.4, 0.5) is 0 Å². The zero-order valence-corrected chi connectivity index (χ0v) is 16.1. The average molecular weight is 331 g/mol. The van der Waals surface area contributed by atoms with Gasteiger partial charge in [-0.1, -0.05) is 79.1 Å². The molecule has 0 unspecified atom stereocenters. The molecule has 0 aromatic rings. The van der Waals surface area contributed by atoms with Crippen LogP contribution in [0.2, 0.25) is 0 Å². The molecule has 0 aliphatic heterocycles. The molecule has 0 aromatic carbocycles. The summed E-state index contributed by atoms with van der Waals surface area (Å²) in [4.78, 5) is 11.7. The highest BCUT2D eigenvalue weighted by atomic mass is 32.1. The van der Waals surface area contributed by atoms with E-state index in [9.17, 15) is 9.90 Å². The second kappa shape index (κ2) is 12.3. The topological polar surface area (TPSA) is 37.3 Å². The molecule has 0 fully saturated rings. The van der Waals surface area contributed by atoms with E-state index < -0.39 is 11.4 Å². The van der Waals surface area contributed by atoms with Crippen LogP contribution < -0.4 is 0 Å². The van der Waals surface area contributed by atoms with Gasteiger partial charge in [0.1, 0.15) is 0 Å². The van der Waals surface area contributed by atoms with Gasteiger partial charge in [-0.25, -0.2) is 0 Å². The van der Waals surface area contributed by atoms with Crippen molar-refractivity contribution in [3.63, 3.8) is 0 Å². The summed E-state index contributed by atoms with van der Waals surface area (Å²) >= 11 is 4.38. The van der Waals surface area contributed by atoms with Gasteiger partial charge < -0.3 is 5.11 Å². The van der Waals surface area contributed by atoms with Gasteiger partial charge in [0, 0.05) is 5.75 Å². The van der Waals surface area contributed by atoms with Crippen LogP contribution in [0.15, 0.2) is 0 Å². The Hall–Kier alpha value is -0.180. The minimum Gasteiger partial charge on any atom is -0.481 e. The number of unbranched alkanes of at least 4 members (excludes halogenated alkanes) is 4. The second-order valence-corrected chi connectivity index (χ2v) is 8.05. The summed E-state index contributed by atoms with van der Waals surface area (Å²) in [6.07, 6.45) is 10.8. The number of rotatable bonds is 14. The fourth-order valence-electron chi connectivity index (χ4n) is 2.95. The van der Waals surface area contributed by atoms with Crippen LogP contribution in [0.1, 0.15) is 91.9 Å². The Morgan fingerprint density at radius 1 is 0.864 bits per heavy atom. The van der Waals surface area contributed by atoms with Crippen molar-refractivity contribution in [1.82, 2.24) is 0 Å². The highest BCUT2D eigenvalue weighted by Crippen LogP contribution is 2.34. The van der Waals surface area contributed by atoms with Crippen LogP contribution in [0.5, 0.6) is 0 Å². The molecule has 22 heavy (non-hydrogen) atoms. The van der Waals surface area contributed by atoms with E-state index in [0.29, 0.717) is 5.75 Å². The fourth-order valence-corrected chi connectivity index (χ4v) is 3.40. The molecule has 0 aliphatic carbocycles. The lowest BCUT2D eigenvalue weighted by Gasteiger charge is -2.28. The van der Waals surface area contributed by atoms with E-state index in [1.165, 1.54) is 25.7 Å². The van der Waals surface area contributed by atoms with Crippen molar-refractivity contribution in [2.24, 2.45) is 17.3 Å². The van der Waals surface area contributed by atoms with Crippen LogP contribution in [0.25, 0.3) is 0 Å². The highest BCUT2D eigenvalue weighted by Gasteiger charge is 2.35. The van der Waals surface area contributed by atoms with Crippen LogP contribution in [0.3, 0.4) is 0 Å². The lowest BCUT2D eigenvalue weighted by atomic mass is 9.79. The van der Waals surface area contributed by atoms with Crippen LogP contribution >= 0.6 is 12.6 Å².